The van der Waals surface area contributed by atoms with Gasteiger partial charge in [0, 0.05) is 17.5 Å². The number of nitrogens with one attached hydrogen (secondary N) is 1. The molecule has 0 aliphatic carbocycles. The van der Waals surface area contributed by atoms with Gasteiger partial charge < -0.3 is 14.8 Å². The van der Waals surface area contributed by atoms with Gasteiger partial charge in [0.1, 0.15) is 5.58 Å². The molecule has 0 spiro atoms. The molecule has 1 heterocycles. The van der Waals surface area contributed by atoms with Gasteiger partial charge in [0.25, 0.3) is 0 Å². The first-order valence-corrected chi connectivity index (χ1v) is 8.80. The molecule has 0 saturated heterocycles. The number of furan rings is 1. The number of fused-ring (bicyclic) bond motifs is 3. The van der Waals surface area contributed by atoms with Crippen LogP contribution in [-0.2, 0) is 11.2 Å². The minimum absolute atomic E-state index is 0.0749. The van der Waals surface area contributed by atoms with E-state index in [0.29, 0.717) is 5.58 Å². The molecule has 4 nitrogen and oxygen atoms in total. The predicted molar refractivity (Wildman–Crippen MR) is 102 cm³/mol. The van der Waals surface area contributed by atoms with Gasteiger partial charge in [0.05, 0.1) is 18.8 Å². The lowest BCUT2D eigenvalue weighted by atomic mass is 10.0. The topological polar surface area (TPSA) is 62.5 Å². The van der Waals surface area contributed by atoms with E-state index in [9.17, 15) is 18.7 Å². The molecule has 0 radical (unpaired) electrons. The summed E-state index contributed by atoms with van der Waals surface area (Å²) in [6, 6.07) is 14.8. The van der Waals surface area contributed by atoms with Crippen LogP contribution in [0.2, 0.25) is 0 Å². The second-order valence-corrected chi connectivity index (χ2v) is 6.59. The number of halogens is 2. The minimum Gasteiger partial charge on any atom is -0.464 e. The summed E-state index contributed by atoms with van der Waals surface area (Å²) >= 11 is 0. The summed E-state index contributed by atoms with van der Waals surface area (Å²) < 4.78 is 31.8. The van der Waals surface area contributed by atoms with Crippen LogP contribution in [0.25, 0.3) is 21.7 Å². The molecule has 142 valence electrons. The van der Waals surface area contributed by atoms with Crippen molar-refractivity contribution in [2.45, 2.75) is 12.5 Å². The van der Waals surface area contributed by atoms with Crippen LogP contribution in [0.15, 0.2) is 65.3 Å². The molecule has 0 fully saturated rings. The van der Waals surface area contributed by atoms with Gasteiger partial charge in [0.2, 0.25) is 5.91 Å². The largest absolute Gasteiger partial charge is 0.464 e. The molecule has 0 bridgehead atoms. The average Bonchev–Trinajstić information content (AvgIpc) is 3.11. The van der Waals surface area contributed by atoms with Crippen molar-refractivity contribution in [2.75, 3.05) is 6.54 Å². The molecule has 1 amide bonds. The molecule has 28 heavy (non-hydrogen) atoms. The van der Waals surface area contributed by atoms with Gasteiger partial charge >= 0.3 is 0 Å². The van der Waals surface area contributed by atoms with Crippen LogP contribution in [-0.4, -0.2) is 17.6 Å². The molecule has 0 aliphatic rings. The van der Waals surface area contributed by atoms with Crippen molar-refractivity contribution >= 4 is 27.6 Å². The number of hydrogen-bond donors (Lipinski definition) is 2. The van der Waals surface area contributed by atoms with Gasteiger partial charge in [-0.05, 0) is 34.5 Å². The van der Waals surface area contributed by atoms with E-state index in [0.717, 1.165) is 33.9 Å². The maximum absolute atomic E-state index is 13.3. The third-order valence-electron chi connectivity index (χ3n) is 4.71. The van der Waals surface area contributed by atoms with E-state index in [1.54, 1.807) is 6.26 Å². The molecule has 1 atom stereocenters. The van der Waals surface area contributed by atoms with Crippen LogP contribution >= 0.6 is 0 Å². The molecular formula is C22H17F2NO3. The maximum Gasteiger partial charge on any atom is 0.224 e. The van der Waals surface area contributed by atoms with Crippen LogP contribution in [0, 0.1) is 11.6 Å². The van der Waals surface area contributed by atoms with Gasteiger partial charge in [0.15, 0.2) is 11.6 Å². The minimum atomic E-state index is -1.14. The highest BCUT2D eigenvalue weighted by molar-refractivity contribution is 6.08. The smallest absolute Gasteiger partial charge is 0.224 e. The predicted octanol–water partition coefficient (Wildman–Crippen LogP) is 4.26. The van der Waals surface area contributed by atoms with E-state index in [1.165, 1.54) is 6.07 Å². The summed E-state index contributed by atoms with van der Waals surface area (Å²) in [6.07, 6.45) is 0.495. The number of rotatable bonds is 5. The molecule has 1 unspecified atom stereocenters. The zero-order valence-corrected chi connectivity index (χ0v) is 14.8. The number of aliphatic hydroxyl groups is 1. The summed E-state index contributed by atoms with van der Waals surface area (Å²) in [7, 11) is 0. The third kappa shape index (κ3) is 3.46. The number of benzene rings is 3. The molecule has 3 aromatic carbocycles. The summed E-state index contributed by atoms with van der Waals surface area (Å²) in [4.78, 5) is 12.3. The first-order chi connectivity index (χ1) is 13.5. The quantitative estimate of drug-likeness (QED) is 0.543. The third-order valence-corrected chi connectivity index (χ3v) is 4.71. The van der Waals surface area contributed by atoms with Gasteiger partial charge in [-0.25, -0.2) is 8.78 Å². The number of aliphatic hydroxyl groups excluding tert-OH is 1. The maximum atomic E-state index is 13.3. The Morgan fingerprint density at radius 1 is 1.07 bits per heavy atom. The highest BCUT2D eigenvalue weighted by Gasteiger charge is 2.15. The zero-order valence-electron chi connectivity index (χ0n) is 14.8. The van der Waals surface area contributed by atoms with Gasteiger partial charge in [-0.2, -0.15) is 0 Å². The molecule has 0 saturated carbocycles. The lowest BCUT2D eigenvalue weighted by Gasteiger charge is -2.12. The molecule has 4 rings (SSSR count). The van der Waals surface area contributed by atoms with E-state index >= 15 is 0 Å². The molecule has 0 aliphatic heterocycles. The zero-order chi connectivity index (χ0) is 19.7. The second kappa shape index (κ2) is 7.40. The van der Waals surface area contributed by atoms with E-state index in [4.69, 9.17) is 4.42 Å². The number of hydrogen-bond acceptors (Lipinski definition) is 3. The Labute approximate surface area is 159 Å². The van der Waals surface area contributed by atoms with Crippen molar-refractivity contribution in [3.8, 4) is 0 Å². The molecule has 2 N–H and O–H groups in total. The van der Waals surface area contributed by atoms with Crippen LogP contribution in [0.1, 0.15) is 17.2 Å². The number of carbonyl (C=O) groups excluding carboxylic acids is 1. The molecule has 1 aromatic heterocycles. The summed E-state index contributed by atoms with van der Waals surface area (Å²) in [5.74, 6) is -2.34. The fourth-order valence-corrected chi connectivity index (χ4v) is 3.29. The Bertz CT molecular complexity index is 1170. The van der Waals surface area contributed by atoms with Gasteiger partial charge in [-0.3, -0.25) is 4.79 Å². The summed E-state index contributed by atoms with van der Waals surface area (Å²) in [5, 5.41) is 15.7. The lowest BCUT2D eigenvalue weighted by Crippen LogP contribution is -2.29. The van der Waals surface area contributed by atoms with Gasteiger partial charge in [-0.15, -0.1) is 0 Å². The number of amides is 1. The highest BCUT2D eigenvalue weighted by atomic mass is 19.2. The Kier molecular flexibility index (Phi) is 4.79. The Morgan fingerprint density at radius 2 is 1.89 bits per heavy atom. The monoisotopic (exact) mass is 381 g/mol. The van der Waals surface area contributed by atoms with Crippen LogP contribution < -0.4 is 5.32 Å². The second-order valence-electron chi connectivity index (χ2n) is 6.59. The van der Waals surface area contributed by atoms with E-state index in [2.05, 4.69) is 5.32 Å². The fraction of sp³-hybridized carbons (Fsp3) is 0.136. The SMILES string of the molecule is O=C(Cc1coc2ccc3ccccc3c12)NCC(O)c1ccc(F)c(F)c1. The molecule has 4 aromatic rings. The molecule has 6 heteroatoms. The van der Waals surface area contributed by atoms with Gasteiger partial charge in [-0.1, -0.05) is 36.4 Å². The number of carbonyl (C=O) groups is 1. The average molecular weight is 381 g/mol. The van der Waals surface area contributed by atoms with E-state index in [1.807, 2.05) is 36.4 Å². The van der Waals surface area contributed by atoms with Crippen molar-refractivity contribution in [2.24, 2.45) is 0 Å². The van der Waals surface area contributed by atoms with Crippen LogP contribution in [0.5, 0.6) is 0 Å². The first kappa shape index (κ1) is 18.1. The molecular weight excluding hydrogens is 364 g/mol. The normalized spacial score (nSPS) is 12.4. The standard InChI is InChI=1S/C22H17F2NO3/c23-17-7-5-14(9-18(17)24)19(26)11-25-21(27)10-15-12-28-20-8-6-13-3-1-2-4-16(13)22(15)20/h1-9,12,19,26H,10-11H2,(H,25,27). The van der Waals surface area contributed by atoms with Crippen molar-refractivity contribution < 1.29 is 23.1 Å². The highest BCUT2D eigenvalue weighted by Crippen LogP contribution is 2.30. The van der Waals surface area contributed by atoms with Crippen molar-refractivity contribution in [1.82, 2.24) is 5.32 Å². The first-order valence-electron chi connectivity index (χ1n) is 8.80. The Hall–Kier alpha value is -3.25. The Balaban J connectivity index is 1.48. The van der Waals surface area contributed by atoms with Crippen LogP contribution in [0.3, 0.4) is 0 Å². The van der Waals surface area contributed by atoms with Crippen molar-refractivity contribution in [3.63, 3.8) is 0 Å². The fourth-order valence-electron chi connectivity index (χ4n) is 3.29. The van der Waals surface area contributed by atoms with E-state index in [-0.39, 0.29) is 24.4 Å². The summed E-state index contributed by atoms with van der Waals surface area (Å²) in [5.41, 5.74) is 1.63. The van der Waals surface area contributed by atoms with Crippen molar-refractivity contribution in [3.05, 3.63) is 83.6 Å². The van der Waals surface area contributed by atoms with E-state index < -0.39 is 17.7 Å². The summed E-state index contributed by atoms with van der Waals surface area (Å²) in [6.45, 7) is -0.111. The Morgan fingerprint density at radius 3 is 2.71 bits per heavy atom. The van der Waals surface area contributed by atoms with Crippen molar-refractivity contribution in [1.29, 1.82) is 0 Å². The van der Waals surface area contributed by atoms with Crippen LogP contribution in [0.4, 0.5) is 8.78 Å². The lowest BCUT2D eigenvalue weighted by molar-refractivity contribution is -0.120.